The quantitative estimate of drug-likeness (QED) is 0.856. The Balaban J connectivity index is 1.54. The number of aromatic nitrogens is 2. The summed E-state index contributed by atoms with van der Waals surface area (Å²) in [6.45, 7) is 3.29. The Morgan fingerprint density at radius 2 is 1.82 bits per heavy atom. The summed E-state index contributed by atoms with van der Waals surface area (Å²) in [5.41, 5.74) is 0.794. The fraction of sp³-hybridized carbons (Fsp3) is 0.267. The van der Waals surface area contributed by atoms with E-state index in [4.69, 9.17) is 12.2 Å². The molecule has 0 spiro atoms. The van der Waals surface area contributed by atoms with Gasteiger partial charge in [-0.3, -0.25) is 4.98 Å². The first kappa shape index (κ1) is 14.6. The number of rotatable bonds is 2. The zero-order chi connectivity index (χ0) is 15.4. The largest absolute Gasteiger partial charge is 0.352 e. The lowest BCUT2D eigenvalue weighted by molar-refractivity contribution is 0.389. The molecule has 0 unspecified atom stereocenters. The molecule has 1 saturated heterocycles. The number of piperazine rings is 1. The second-order valence-electron chi connectivity index (χ2n) is 4.97. The van der Waals surface area contributed by atoms with Crippen molar-refractivity contribution in [3.05, 3.63) is 48.7 Å². The Bertz CT molecular complexity index is 626. The Hall–Kier alpha value is -2.28. The number of thiocarbonyl (C=S) groups is 1. The van der Waals surface area contributed by atoms with Gasteiger partial charge in [-0.2, -0.15) is 0 Å². The van der Waals surface area contributed by atoms with Crippen molar-refractivity contribution < 1.29 is 4.39 Å². The molecule has 1 aromatic carbocycles. The van der Waals surface area contributed by atoms with Crippen LogP contribution in [0.3, 0.4) is 0 Å². The first-order valence-electron chi connectivity index (χ1n) is 7.05. The number of hydrogen-bond acceptors (Lipinski definition) is 4. The highest BCUT2D eigenvalue weighted by Crippen LogP contribution is 2.14. The molecule has 7 heteroatoms. The second-order valence-corrected chi connectivity index (χ2v) is 5.36. The first-order valence-corrected chi connectivity index (χ1v) is 7.46. The summed E-state index contributed by atoms with van der Waals surface area (Å²) < 4.78 is 12.9. The van der Waals surface area contributed by atoms with Gasteiger partial charge in [0, 0.05) is 44.3 Å². The smallest absolute Gasteiger partial charge is 0.173 e. The van der Waals surface area contributed by atoms with Crippen LogP contribution in [0.15, 0.2) is 42.9 Å². The fourth-order valence-electron chi connectivity index (χ4n) is 2.33. The molecule has 114 valence electrons. The summed E-state index contributed by atoms with van der Waals surface area (Å²) in [7, 11) is 0. The molecular weight excluding hydrogens is 301 g/mol. The molecule has 3 rings (SSSR count). The third-order valence-corrected chi connectivity index (χ3v) is 3.90. The summed E-state index contributed by atoms with van der Waals surface area (Å²) in [5, 5.41) is 3.80. The SMILES string of the molecule is Fc1ccc(NC(=S)N2CCN(c3cnccn3)CC2)cc1. The monoisotopic (exact) mass is 317 g/mol. The lowest BCUT2D eigenvalue weighted by Gasteiger charge is -2.36. The number of nitrogens with zero attached hydrogens (tertiary/aromatic N) is 4. The van der Waals surface area contributed by atoms with Gasteiger partial charge in [-0.15, -0.1) is 0 Å². The molecule has 5 nitrogen and oxygen atoms in total. The molecule has 2 aromatic rings. The third-order valence-electron chi connectivity index (χ3n) is 3.54. The maximum atomic E-state index is 12.9. The van der Waals surface area contributed by atoms with Crippen molar-refractivity contribution in [3.8, 4) is 0 Å². The minimum Gasteiger partial charge on any atom is -0.352 e. The second kappa shape index (κ2) is 6.65. The molecular formula is C15H16FN5S. The Kier molecular flexibility index (Phi) is 4.43. The maximum Gasteiger partial charge on any atom is 0.173 e. The van der Waals surface area contributed by atoms with Crippen LogP contribution in [-0.2, 0) is 0 Å². The van der Waals surface area contributed by atoms with Crippen molar-refractivity contribution in [2.24, 2.45) is 0 Å². The number of halogens is 1. The Morgan fingerprint density at radius 1 is 1.09 bits per heavy atom. The van der Waals surface area contributed by atoms with Crippen LogP contribution in [0.1, 0.15) is 0 Å². The standard InChI is InChI=1S/C15H16FN5S/c16-12-1-3-13(4-2-12)19-15(22)21-9-7-20(8-10-21)14-11-17-5-6-18-14/h1-6,11H,7-10H2,(H,19,22). The summed E-state index contributed by atoms with van der Waals surface area (Å²) in [6, 6.07) is 6.18. The molecule has 2 heterocycles. The van der Waals surface area contributed by atoms with Crippen LogP contribution in [-0.4, -0.2) is 46.2 Å². The highest BCUT2D eigenvalue weighted by molar-refractivity contribution is 7.80. The van der Waals surface area contributed by atoms with Crippen molar-refractivity contribution in [1.82, 2.24) is 14.9 Å². The zero-order valence-corrected chi connectivity index (χ0v) is 12.8. The average Bonchev–Trinajstić information content (AvgIpc) is 2.58. The van der Waals surface area contributed by atoms with E-state index in [0.717, 1.165) is 37.7 Å². The minimum absolute atomic E-state index is 0.256. The molecule has 0 atom stereocenters. The van der Waals surface area contributed by atoms with Gasteiger partial charge in [-0.25, -0.2) is 9.37 Å². The van der Waals surface area contributed by atoms with Crippen LogP contribution < -0.4 is 10.2 Å². The lowest BCUT2D eigenvalue weighted by atomic mass is 10.3. The molecule has 1 aliphatic heterocycles. The van der Waals surface area contributed by atoms with Crippen molar-refractivity contribution >= 4 is 28.8 Å². The van der Waals surface area contributed by atoms with Crippen LogP contribution in [0.5, 0.6) is 0 Å². The van der Waals surface area contributed by atoms with E-state index in [1.807, 2.05) is 0 Å². The normalized spacial score (nSPS) is 14.8. The molecule has 0 radical (unpaired) electrons. The van der Waals surface area contributed by atoms with E-state index < -0.39 is 0 Å². The third kappa shape index (κ3) is 3.48. The molecule has 0 bridgehead atoms. The molecule has 0 aliphatic carbocycles. The summed E-state index contributed by atoms with van der Waals surface area (Å²) in [4.78, 5) is 12.7. The van der Waals surface area contributed by atoms with Gasteiger partial charge in [-0.05, 0) is 36.5 Å². The van der Waals surface area contributed by atoms with Crippen LogP contribution in [0, 0.1) is 5.82 Å². The number of anilines is 2. The summed E-state index contributed by atoms with van der Waals surface area (Å²) in [5.74, 6) is 0.633. The summed E-state index contributed by atoms with van der Waals surface area (Å²) in [6.07, 6.45) is 5.13. The van der Waals surface area contributed by atoms with Gasteiger partial charge in [0.15, 0.2) is 5.11 Å². The van der Waals surface area contributed by atoms with E-state index in [0.29, 0.717) is 5.11 Å². The minimum atomic E-state index is -0.256. The van der Waals surface area contributed by atoms with Crippen LogP contribution in [0.4, 0.5) is 15.9 Å². The van der Waals surface area contributed by atoms with Crippen molar-refractivity contribution in [2.75, 3.05) is 36.4 Å². The van der Waals surface area contributed by atoms with E-state index in [1.165, 1.54) is 12.1 Å². The molecule has 1 aliphatic rings. The zero-order valence-electron chi connectivity index (χ0n) is 11.9. The predicted octanol–water partition coefficient (Wildman–Crippen LogP) is 2.13. The van der Waals surface area contributed by atoms with Crippen molar-refractivity contribution in [2.45, 2.75) is 0 Å². The molecule has 1 N–H and O–H groups in total. The highest BCUT2D eigenvalue weighted by atomic mass is 32.1. The van der Waals surface area contributed by atoms with Crippen LogP contribution in [0.25, 0.3) is 0 Å². The molecule has 0 saturated carbocycles. The van der Waals surface area contributed by atoms with E-state index >= 15 is 0 Å². The molecule has 0 amide bonds. The molecule has 1 fully saturated rings. The van der Waals surface area contributed by atoms with Crippen LogP contribution >= 0.6 is 12.2 Å². The molecule has 22 heavy (non-hydrogen) atoms. The van der Waals surface area contributed by atoms with Crippen molar-refractivity contribution in [3.63, 3.8) is 0 Å². The van der Waals surface area contributed by atoms with E-state index in [-0.39, 0.29) is 5.82 Å². The van der Waals surface area contributed by atoms with E-state index in [1.54, 1.807) is 30.7 Å². The van der Waals surface area contributed by atoms with Gasteiger partial charge in [0.2, 0.25) is 0 Å². The molecule has 1 aromatic heterocycles. The van der Waals surface area contributed by atoms with Gasteiger partial charge in [0.05, 0.1) is 6.20 Å². The van der Waals surface area contributed by atoms with Gasteiger partial charge in [0.25, 0.3) is 0 Å². The maximum absolute atomic E-state index is 12.9. The summed E-state index contributed by atoms with van der Waals surface area (Å²) >= 11 is 5.42. The predicted molar refractivity (Wildman–Crippen MR) is 88.4 cm³/mol. The van der Waals surface area contributed by atoms with E-state index in [9.17, 15) is 4.39 Å². The first-order chi connectivity index (χ1) is 10.7. The fourth-order valence-corrected chi connectivity index (χ4v) is 2.63. The topological polar surface area (TPSA) is 44.3 Å². The van der Waals surface area contributed by atoms with Gasteiger partial charge < -0.3 is 15.1 Å². The van der Waals surface area contributed by atoms with Crippen molar-refractivity contribution in [1.29, 1.82) is 0 Å². The highest BCUT2D eigenvalue weighted by Gasteiger charge is 2.19. The Labute approximate surface area is 133 Å². The van der Waals surface area contributed by atoms with Gasteiger partial charge in [0.1, 0.15) is 11.6 Å². The number of nitrogens with one attached hydrogen (secondary N) is 1. The Morgan fingerprint density at radius 3 is 2.45 bits per heavy atom. The van der Waals surface area contributed by atoms with Gasteiger partial charge in [-0.1, -0.05) is 0 Å². The van der Waals surface area contributed by atoms with E-state index in [2.05, 4.69) is 25.1 Å². The number of benzene rings is 1. The van der Waals surface area contributed by atoms with Gasteiger partial charge >= 0.3 is 0 Å². The lowest BCUT2D eigenvalue weighted by Crippen LogP contribution is -2.50. The van der Waals surface area contributed by atoms with Crippen LogP contribution in [0.2, 0.25) is 0 Å². The average molecular weight is 317 g/mol. The number of hydrogen-bond donors (Lipinski definition) is 1.